The average Bonchev–Trinajstić information content (AvgIpc) is 3.46. The van der Waals surface area contributed by atoms with Gasteiger partial charge in [-0.15, -0.1) is 0 Å². The number of rotatable bonds is 1. The summed E-state index contributed by atoms with van der Waals surface area (Å²) in [6, 6.07) is 0. The molecule has 0 spiro atoms. The lowest BCUT2D eigenvalue weighted by Crippen LogP contribution is -2.54. The number of ketones is 2. The molecule has 4 heteroatoms. The van der Waals surface area contributed by atoms with Gasteiger partial charge in [0.1, 0.15) is 0 Å². The van der Waals surface area contributed by atoms with E-state index in [1.807, 2.05) is 6.08 Å². The summed E-state index contributed by atoms with van der Waals surface area (Å²) in [7, 11) is 0. The van der Waals surface area contributed by atoms with Crippen molar-refractivity contribution in [2.24, 2.45) is 40.4 Å². The van der Waals surface area contributed by atoms with E-state index in [9.17, 15) is 9.59 Å². The zero-order valence-electron chi connectivity index (χ0n) is 15.5. The number of carbonyl (C=O) groups excluding carboxylic acids is 2. The highest BCUT2D eigenvalue weighted by molar-refractivity contribution is 6.32. The maximum absolute atomic E-state index is 12.5. The van der Waals surface area contributed by atoms with Gasteiger partial charge in [-0.25, -0.2) is 0 Å². The van der Waals surface area contributed by atoms with Gasteiger partial charge in [-0.1, -0.05) is 31.5 Å². The van der Waals surface area contributed by atoms with Gasteiger partial charge >= 0.3 is 0 Å². The van der Waals surface area contributed by atoms with Crippen molar-refractivity contribution in [3.05, 3.63) is 22.8 Å². The van der Waals surface area contributed by atoms with Gasteiger partial charge < -0.3 is 4.74 Å². The van der Waals surface area contributed by atoms with E-state index in [4.69, 9.17) is 16.3 Å². The molecule has 0 N–H and O–H groups in total. The number of epoxide rings is 1. The molecular formula is C22H25ClO3. The third-order valence-electron chi connectivity index (χ3n) is 9.45. The normalized spacial score (nSPS) is 58.4. The molecule has 5 aliphatic carbocycles. The van der Waals surface area contributed by atoms with Crippen LogP contribution in [0.2, 0.25) is 0 Å². The number of Topliss-reactive ketones (excluding diaryl/α,β-unsaturated/α-hetero) is 1. The standard InChI is InChI=1S/C22H25ClO3/c1-10(24)22-19(26-22)9-14-11-7-17(23)16-8-18(25)12-6-15(12)21(16,3)13(11)4-5-20(14,22)2/h7-8,11-15,19H,4-6,9H2,1-3H3/t11-,12-,13+,14+,15+,19-,20+,21+,22-/m1/s1. The molecule has 0 aromatic heterocycles. The van der Waals surface area contributed by atoms with E-state index in [1.54, 1.807) is 6.92 Å². The summed E-state index contributed by atoms with van der Waals surface area (Å²) < 4.78 is 6.00. The lowest BCUT2D eigenvalue weighted by atomic mass is 9.47. The average molecular weight is 373 g/mol. The molecule has 0 aromatic rings. The van der Waals surface area contributed by atoms with Crippen molar-refractivity contribution in [3.63, 3.8) is 0 Å². The molecule has 0 aromatic carbocycles. The lowest BCUT2D eigenvalue weighted by molar-refractivity contribution is -0.133. The molecule has 0 radical (unpaired) electrons. The number of halogens is 1. The third-order valence-corrected chi connectivity index (χ3v) is 9.78. The van der Waals surface area contributed by atoms with Crippen molar-refractivity contribution in [3.8, 4) is 0 Å². The zero-order valence-corrected chi connectivity index (χ0v) is 16.3. The minimum Gasteiger partial charge on any atom is -0.357 e. The van der Waals surface area contributed by atoms with Crippen LogP contribution >= 0.6 is 11.6 Å². The van der Waals surface area contributed by atoms with Crippen LogP contribution in [0.5, 0.6) is 0 Å². The van der Waals surface area contributed by atoms with Crippen LogP contribution in [-0.2, 0) is 14.3 Å². The van der Waals surface area contributed by atoms with Gasteiger partial charge in [0, 0.05) is 21.8 Å². The topological polar surface area (TPSA) is 46.7 Å². The fourth-order valence-corrected chi connectivity index (χ4v) is 8.44. The Morgan fingerprint density at radius 3 is 2.73 bits per heavy atom. The fourth-order valence-electron chi connectivity index (χ4n) is 8.03. The number of hydrogen-bond donors (Lipinski definition) is 0. The van der Waals surface area contributed by atoms with Crippen molar-refractivity contribution >= 4 is 23.2 Å². The molecule has 1 aliphatic heterocycles. The third kappa shape index (κ3) is 1.48. The second kappa shape index (κ2) is 4.38. The molecule has 3 nitrogen and oxygen atoms in total. The molecule has 3 saturated carbocycles. The van der Waals surface area contributed by atoms with Gasteiger partial charge in [-0.2, -0.15) is 0 Å². The minimum absolute atomic E-state index is 0.0213. The van der Waals surface area contributed by atoms with Crippen LogP contribution < -0.4 is 0 Å². The summed E-state index contributed by atoms with van der Waals surface area (Å²) in [4.78, 5) is 24.8. The Balaban J connectivity index is 1.47. The molecule has 6 aliphatic rings. The molecule has 0 amide bonds. The predicted molar refractivity (Wildman–Crippen MR) is 97.4 cm³/mol. The summed E-state index contributed by atoms with van der Waals surface area (Å²) in [5.41, 5.74) is 0.495. The maximum Gasteiger partial charge on any atom is 0.164 e. The first kappa shape index (κ1) is 16.1. The van der Waals surface area contributed by atoms with Crippen LogP contribution in [0.4, 0.5) is 0 Å². The summed E-state index contributed by atoms with van der Waals surface area (Å²) in [6.45, 7) is 6.34. The molecule has 9 atom stereocenters. The van der Waals surface area contributed by atoms with Crippen molar-refractivity contribution in [1.82, 2.24) is 0 Å². The molecule has 0 unspecified atom stereocenters. The molecule has 0 bridgehead atoms. The van der Waals surface area contributed by atoms with Crippen molar-refractivity contribution in [1.29, 1.82) is 0 Å². The first-order chi connectivity index (χ1) is 12.2. The molecule has 1 saturated heterocycles. The minimum atomic E-state index is -0.537. The number of carbonyl (C=O) groups is 2. The van der Waals surface area contributed by atoms with Gasteiger partial charge in [0.05, 0.1) is 6.10 Å². The smallest absolute Gasteiger partial charge is 0.164 e. The van der Waals surface area contributed by atoms with Gasteiger partial charge in [0.15, 0.2) is 17.2 Å². The SMILES string of the molecule is CC(=O)[C@@]12O[C@@H]1C[C@H]1[C@@H]3C=C(Cl)C4=CC(=O)[C@@H]5C[C@@H]5[C@]4(C)[C@H]3CC[C@@]12C. The predicted octanol–water partition coefficient (Wildman–Crippen LogP) is 4.05. The van der Waals surface area contributed by atoms with Crippen LogP contribution in [0.25, 0.3) is 0 Å². The van der Waals surface area contributed by atoms with E-state index in [-0.39, 0.29) is 34.4 Å². The zero-order chi connectivity index (χ0) is 18.2. The van der Waals surface area contributed by atoms with Gasteiger partial charge in [0.2, 0.25) is 0 Å². The Morgan fingerprint density at radius 1 is 1.23 bits per heavy atom. The monoisotopic (exact) mass is 372 g/mol. The van der Waals surface area contributed by atoms with Crippen molar-refractivity contribution in [2.45, 2.75) is 58.2 Å². The second-order valence-corrected chi connectivity index (χ2v) is 10.5. The first-order valence-corrected chi connectivity index (χ1v) is 10.5. The summed E-state index contributed by atoms with van der Waals surface area (Å²) >= 11 is 6.77. The number of hydrogen-bond acceptors (Lipinski definition) is 3. The molecule has 6 rings (SSSR count). The Kier molecular flexibility index (Phi) is 2.71. The van der Waals surface area contributed by atoms with Crippen LogP contribution in [-0.4, -0.2) is 23.3 Å². The van der Waals surface area contributed by atoms with E-state index >= 15 is 0 Å². The van der Waals surface area contributed by atoms with Crippen LogP contribution in [0.1, 0.15) is 46.5 Å². The summed E-state index contributed by atoms with van der Waals surface area (Å²) in [5, 5.41) is 0.787. The van der Waals surface area contributed by atoms with Crippen LogP contribution in [0, 0.1) is 40.4 Å². The maximum atomic E-state index is 12.5. The highest BCUT2D eigenvalue weighted by atomic mass is 35.5. The van der Waals surface area contributed by atoms with E-state index in [0.717, 1.165) is 36.3 Å². The van der Waals surface area contributed by atoms with Gasteiger partial charge in [-0.3, -0.25) is 9.59 Å². The Labute approximate surface area is 159 Å². The van der Waals surface area contributed by atoms with Gasteiger partial charge in [0.25, 0.3) is 0 Å². The van der Waals surface area contributed by atoms with E-state index in [1.165, 1.54) is 0 Å². The Morgan fingerprint density at radius 2 is 2.00 bits per heavy atom. The number of fused-ring (bicyclic) bond motifs is 9. The quantitative estimate of drug-likeness (QED) is 0.652. The second-order valence-electron chi connectivity index (χ2n) is 10.1. The number of ether oxygens (including phenoxy) is 1. The van der Waals surface area contributed by atoms with Crippen LogP contribution in [0.15, 0.2) is 22.8 Å². The highest BCUT2D eigenvalue weighted by Crippen LogP contribution is 2.75. The molecule has 138 valence electrons. The van der Waals surface area contributed by atoms with E-state index in [2.05, 4.69) is 19.9 Å². The highest BCUT2D eigenvalue weighted by Gasteiger charge is 2.79. The fraction of sp³-hybridized carbons (Fsp3) is 0.727. The van der Waals surface area contributed by atoms with Crippen molar-refractivity contribution in [2.75, 3.05) is 0 Å². The Bertz CT molecular complexity index is 842. The summed E-state index contributed by atoms with van der Waals surface area (Å²) in [6.07, 6.45) is 8.31. The summed E-state index contributed by atoms with van der Waals surface area (Å²) in [5.74, 6) is 2.54. The van der Waals surface area contributed by atoms with E-state index in [0.29, 0.717) is 23.7 Å². The molecule has 26 heavy (non-hydrogen) atoms. The van der Waals surface area contributed by atoms with Crippen molar-refractivity contribution < 1.29 is 14.3 Å². The molecule has 1 heterocycles. The number of allylic oxidation sites excluding steroid dienone is 4. The van der Waals surface area contributed by atoms with Gasteiger partial charge in [-0.05, 0) is 67.9 Å². The van der Waals surface area contributed by atoms with Crippen LogP contribution in [0.3, 0.4) is 0 Å². The molecular weight excluding hydrogens is 348 g/mol. The lowest BCUT2D eigenvalue weighted by Gasteiger charge is -2.57. The largest absolute Gasteiger partial charge is 0.357 e. The first-order valence-electron chi connectivity index (χ1n) is 10.1. The Hall–Kier alpha value is -0.930. The van der Waals surface area contributed by atoms with E-state index < -0.39 is 5.60 Å². The molecule has 4 fully saturated rings.